The molecule has 0 unspecified atom stereocenters. The van der Waals surface area contributed by atoms with Crippen molar-refractivity contribution in [2.75, 3.05) is 13.2 Å². The van der Waals surface area contributed by atoms with E-state index >= 15 is 0 Å². The van der Waals surface area contributed by atoms with Crippen LogP contribution in [-0.4, -0.2) is 30.3 Å². The van der Waals surface area contributed by atoms with Gasteiger partial charge in [0.05, 0.1) is 19.4 Å². The second-order valence-electron chi connectivity index (χ2n) is 6.75. The highest BCUT2D eigenvalue weighted by Crippen LogP contribution is 2.20. The van der Waals surface area contributed by atoms with Crippen LogP contribution in [0, 0.1) is 13.8 Å². The van der Waals surface area contributed by atoms with Crippen LogP contribution in [0.1, 0.15) is 33.5 Å². The van der Waals surface area contributed by atoms with Crippen LogP contribution < -0.4 is 14.9 Å². The molecule has 30 heavy (non-hydrogen) atoms. The van der Waals surface area contributed by atoms with Gasteiger partial charge in [0.1, 0.15) is 11.5 Å². The van der Waals surface area contributed by atoms with E-state index in [1.54, 1.807) is 30.7 Å². The van der Waals surface area contributed by atoms with Crippen LogP contribution in [0.3, 0.4) is 0 Å². The number of aryl methyl sites for hydroxylation is 1. The van der Waals surface area contributed by atoms with E-state index in [-0.39, 0.29) is 5.91 Å². The highest BCUT2D eigenvalue weighted by Gasteiger charge is 2.03. The van der Waals surface area contributed by atoms with Gasteiger partial charge in [0.25, 0.3) is 5.91 Å². The smallest absolute Gasteiger partial charge is 0.271 e. The lowest BCUT2D eigenvalue weighted by Crippen LogP contribution is -2.17. The molecule has 6 nitrogen and oxygen atoms in total. The number of hydrogen-bond acceptors (Lipinski definition) is 5. The van der Waals surface area contributed by atoms with E-state index in [0.717, 1.165) is 23.5 Å². The van der Waals surface area contributed by atoms with Crippen LogP contribution >= 0.6 is 0 Å². The molecule has 0 spiro atoms. The lowest BCUT2D eigenvalue weighted by Gasteiger charge is -2.11. The zero-order valence-corrected chi connectivity index (χ0v) is 17.2. The third kappa shape index (κ3) is 6.17. The van der Waals surface area contributed by atoms with Crippen molar-refractivity contribution in [3.8, 4) is 11.5 Å². The molecule has 1 heterocycles. The molecule has 0 saturated carbocycles. The van der Waals surface area contributed by atoms with Gasteiger partial charge in [-0.05, 0) is 73.0 Å². The number of hydrogen-bond donors (Lipinski definition) is 1. The maximum atomic E-state index is 11.9. The molecule has 154 valence electrons. The predicted octanol–water partition coefficient (Wildman–Crippen LogP) is 4.31. The van der Waals surface area contributed by atoms with Crippen LogP contribution in [0.5, 0.6) is 11.5 Å². The number of hydrazone groups is 1. The Morgan fingerprint density at radius 3 is 2.50 bits per heavy atom. The molecular weight excluding hydrogens is 378 g/mol. The number of nitrogens with one attached hydrogen (secondary N) is 1. The maximum Gasteiger partial charge on any atom is 0.271 e. The largest absolute Gasteiger partial charge is 0.493 e. The van der Waals surface area contributed by atoms with Crippen molar-refractivity contribution in [1.82, 2.24) is 10.4 Å². The Hall–Kier alpha value is -3.67. The number of rotatable bonds is 9. The van der Waals surface area contributed by atoms with Crippen LogP contribution in [-0.2, 0) is 0 Å². The van der Waals surface area contributed by atoms with Crippen molar-refractivity contribution in [2.45, 2.75) is 20.3 Å². The summed E-state index contributed by atoms with van der Waals surface area (Å²) in [6.07, 6.45) is 5.50. The van der Waals surface area contributed by atoms with Gasteiger partial charge in [0.2, 0.25) is 0 Å². The Labute approximate surface area is 176 Å². The number of nitrogens with zero attached hydrogens (tertiary/aromatic N) is 2. The SMILES string of the molecule is Cc1cccc(OCCCOc2ccc(C=NNC(=O)c3ccncc3)cc2)c1C. The fourth-order valence-corrected chi connectivity index (χ4v) is 2.70. The first-order valence-corrected chi connectivity index (χ1v) is 9.79. The Bertz CT molecular complexity index is 986. The zero-order chi connectivity index (χ0) is 21.2. The zero-order valence-electron chi connectivity index (χ0n) is 17.2. The number of ether oxygens (including phenoxy) is 2. The molecule has 1 amide bonds. The van der Waals surface area contributed by atoms with E-state index in [0.29, 0.717) is 18.8 Å². The minimum atomic E-state index is -0.281. The molecule has 2 aromatic carbocycles. The molecule has 0 aliphatic carbocycles. The van der Waals surface area contributed by atoms with Gasteiger partial charge in [-0.2, -0.15) is 5.10 Å². The monoisotopic (exact) mass is 403 g/mol. The normalized spacial score (nSPS) is 10.7. The van der Waals surface area contributed by atoms with Crippen LogP contribution in [0.25, 0.3) is 0 Å². The predicted molar refractivity (Wildman–Crippen MR) is 117 cm³/mol. The third-order valence-corrected chi connectivity index (χ3v) is 4.57. The lowest BCUT2D eigenvalue weighted by atomic mass is 10.1. The van der Waals surface area contributed by atoms with Crippen molar-refractivity contribution >= 4 is 12.1 Å². The average molecular weight is 403 g/mol. The minimum Gasteiger partial charge on any atom is -0.493 e. The Morgan fingerprint density at radius 2 is 1.73 bits per heavy atom. The Morgan fingerprint density at radius 1 is 1.00 bits per heavy atom. The van der Waals surface area contributed by atoms with E-state index in [1.807, 2.05) is 36.4 Å². The average Bonchev–Trinajstić information content (AvgIpc) is 2.78. The van der Waals surface area contributed by atoms with Gasteiger partial charge < -0.3 is 9.47 Å². The van der Waals surface area contributed by atoms with E-state index < -0.39 is 0 Å². The fourth-order valence-electron chi connectivity index (χ4n) is 2.70. The highest BCUT2D eigenvalue weighted by atomic mass is 16.5. The quantitative estimate of drug-likeness (QED) is 0.328. The summed E-state index contributed by atoms with van der Waals surface area (Å²) < 4.78 is 11.6. The molecule has 0 saturated heterocycles. The van der Waals surface area contributed by atoms with Gasteiger partial charge in [0, 0.05) is 24.4 Å². The van der Waals surface area contributed by atoms with E-state index in [2.05, 4.69) is 35.4 Å². The van der Waals surface area contributed by atoms with Gasteiger partial charge in [-0.15, -0.1) is 0 Å². The molecule has 1 aromatic heterocycles. The summed E-state index contributed by atoms with van der Waals surface area (Å²) in [7, 11) is 0. The minimum absolute atomic E-state index is 0.281. The first-order valence-electron chi connectivity index (χ1n) is 9.79. The van der Waals surface area contributed by atoms with Crippen LogP contribution in [0.15, 0.2) is 72.1 Å². The highest BCUT2D eigenvalue weighted by molar-refractivity contribution is 5.94. The van der Waals surface area contributed by atoms with Crippen LogP contribution in [0.2, 0.25) is 0 Å². The van der Waals surface area contributed by atoms with Gasteiger partial charge in [0.15, 0.2) is 0 Å². The first kappa shape index (κ1) is 21.0. The van der Waals surface area contributed by atoms with Crippen molar-refractivity contribution in [3.63, 3.8) is 0 Å². The molecule has 3 aromatic rings. The molecule has 0 atom stereocenters. The summed E-state index contributed by atoms with van der Waals surface area (Å²) in [4.78, 5) is 15.8. The van der Waals surface area contributed by atoms with Crippen molar-refractivity contribution in [1.29, 1.82) is 0 Å². The molecular formula is C24H25N3O3. The fraction of sp³-hybridized carbons (Fsp3) is 0.208. The summed E-state index contributed by atoms with van der Waals surface area (Å²) in [5, 5.41) is 3.97. The number of carbonyl (C=O) groups excluding carboxylic acids is 1. The van der Waals surface area contributed by atoms with Gasteiger partial charge in [-0.25, -0.2) is 5.43 Å². The summed E-state index contributed by atoms with van der Waals surface area (Å²) in [5.41, 5.74) is 6.25. The summed E-state index contributed by atoms with van der Waals surface area (Å²) >= 11 is 0. The van der Waals surface area contributed by atoms with Crippen LogP contribution in [0.4, 0.5) is 0 Å². The molecule has 1 N–H and O–H groups in total. The Balaban J connectivity index is 1.38. The van der Waals surface area contributed by atoms with Crippen molar-refractivity contribution < 1.29 is 14.3 Å². The standard InChI is InChI=1S/C24H25N3O3/c1-18-5-3-6-23(19(18)2)30-16-4-15-29-22-9-7-20(8-10-22)17-26-27-24(28)21-11-13-25-14-12-21/h3,5-14,17H,4,15-16H2,1-2H3,(H,27,28). The molecule has 0 bridgehead atoms. The second kappa shape index (κ2) is 10.8. The molecule has 0 aliphatic heterocycles. The number of pyridine rings is 1. The molecule has 0 aliphatic rings. The van der Waals surface area contributed by atoms with Crippen molar-refractivity contribution in [2.24, 2.45) is 5.10 Å². The van der Waals surface area contributed by atoms with Gasteiger partial charge in [-0.1, -0.05) is 12.1 Å². The topological polar surface area (TPSA) is 72.8 Å². The number of benzene rings is 2. The molecule has 0 fully saturated rings. The molecule has 6 heteroatoms. The summed E-state index contributed by atoms with van der Waals surface area (Å²) in [6, 6.07) is 16.8. The van der Waals surface area contributed by atoms with E-state index in [9.17, 15) is 4.79 Å². The maximum absolute atomic E-state index is 11.9. The number of aromatic nitrogens is 1. The molecule has 3 rings (SSSR count). The van der Waals surface area contributed by atoms with E-state index in [4.69, 9.17) is 9.47 Å². The van der Waals surface area contributed by atoms with Gasteiger partial charge >= 0.3 is 0 Å². The summed E-state index contributed by atoms with van der Waals surface area (Å²) in [6.45, 7) is 5.32. The first-order chi connectivity index (χ1) is 14.6. The second-order valence-corrected chi connectivity index (χ2v) is 6.75. The molecule has 0 radical (unpaired) electrons. The van der Waals surface area contributed by atoms with E-state index in [1.165, 1.54) is 11.1 Å². The summed E-state index contributed by atoms with van der Waals surface area (Å²) in [5.74, 6) is 1.42. The van der Waals surface area contributed by atoms with Crippen molar-refractivity contribution in [3.05, 3.63) is 89.2 Å². The van der Waals surface area contributed by atoms with Gasteiger partial charge in [-0.3, -0.25) is 9.78 Å². The lowest BCUT2D eigenvalue weighted by molar-refractivity contribution is 0.0955. The Kier molecular flexibility index (Phi) is 7.55. The number of amides is 1. The number of carbonyl (C=O) groups is 1. The third-order valence-electron chi connectivity index (χ3n) is 4.57.